The molecule has 0 saturated carbocycles. The molecule has 1 amide bonds. The molecule has 1 aromatic carbocycles. The summed E-state index contributed by atoms with van der Waals surface area (Å²) in [6.45, 7) is 1.66. The van der Waals surface area contributed by atoms with E-state index in [2.05, 4.69) is 9.97 Å². The zero-order chi connectivity index (χ0) is 22.6. The average molecular weight is 460 g/mol. The Morgan fingerprint density at radius 2 is 1.88 bits per heavy atom. The molecule has 170 valence electrons. The van der Waals surface area contributed by atoms with Crippen LogP contribution in [0.2, 0.25) is 0 Å². The van der Waals surface area contributed by atoms with Crippen molar-refractivity contribution in [1.29, 1.82) is 0 Å². The maximum absolute atomic E-state index is 12.9. The number of thiophene rings is 1. The Balaban J connectivity index is 1.01. The van der Waals surface area contributed by atoms with E-state index in [1.54, 1.807) is 17.5 Å². The molecule has 3 aromatic heterocycles. The molecule has 1 saturated heterocycles. The number of pyridine rings is 1. The maximum Gasteiger partial charge on any atom is 0.270 e. The number of unbranched alkanes of at least 4 members (excludes halogenated alkanes) is 2. The van der Waals surface area contributed by atoms with E-state index in [1.807, 2.05) is 53.6 Å². The van der Waals surface area contributed by atoms with Crippen molar-refractivity contribution in [3.63, 3.8) is 0 Å². The summed E-state index contributed by atoms with van der Waals surface area (Å²) >= 11 is 1.55. The molecule has 1 aliphatic rings. The molecule has 1 aliphatic heterocycles. The quantitative estimate of drug-likeness (QED) is 0.243. The number of fused-ring (bicyclic) bond motifs is 2. The number of rotatable bonds is 8. The van der Waals surface area contributed by atoms with Gasteiger partial charge in [-0.2, -0.15) is 0 Å². The predicted molar refractivity (Wildman–Crippen MR) is 134 cm³/mol. The van der Waals surface area contributed by atoms with Gasteiger partial charge in [-0.3, -0.25) is 14.6 Å². The van der Waals surface area contributed by atoms with Crippen LogP contribution < -0.4 is 0 Å². The average Bonchev–Trinajstić information content (AvgIpc) is 3.48. The van der Waals surface area contributed by atoms with Gasteiger partial charge in [0.1, 0.15) is 5.69 Å². The molecule has 0 spiro atoms. The highest BCUT2D eigenvalue weighted by molar-refractivity contribution is 7.20. The van der Waals surface area contributed by atoms with Gasteiger partial charge in [-0.15, -0.1) is 11.3 Å². The zero-order valence-electron chi connectivity index (χ0n) is 18.8. The number of para-hydroxylation sites is 1. The van der Waals surface area contributed by atoms with Crippen LogP contribution in [0.5, 0.6) is 0 Å². The molecule has 0 unspecified atom stereocenters. The fraction of sp³-hybridized carbons (Fsp3) is 0.370. The summed E-state index contributed by atoms with van der Waals surface area (Å²) in [5.41, 5.74) is 1.70. The standard InChI is InChI=1S/C27H29N3O2S/c31-24(25-17-21-10-13-28-18-26(21)33-25)9-3-1-2-6-19-11-14-30(15-12-19)27(32)23-16-20-7-4-5-8-22(20)29-23/h4-5,7-8,10,13,16-19,29H,1-3,6,9,11-12,14-15H2. The summed E-state index contributed by atoms with van der Waals surface area (Å²) in [5.74, 6) is 1.04. The minimum atomic E-state index is 0.111. The van der Waals surface area contributed by atoms with Gasteiger partial charge in [0.25, 0.3) is 5.91 Å². The fourth-order valence-corrected chi connectivity index (χ4v) is 5.82. The summed E-state index contributed by atoms with van der Waals surface area (Å²) in [6.07, 6.45) is 10.7. The monoisotopic (exact) mass is 459 g/mol. The SMILES string of the molecule is O=C(CCCCCC1CCN(C(=O)c2cc3ccccc3[nH]2)CC1)c1cc2ccncc2s1. The van der Waals surface area contributed by atoms with E-state index in [4.69, 9.17) is 0 Å². The second-order valence-corrected chi connectivity index (χ2v) is 10.1. The van der Waals surface area contributed by atoms with Crippen molar-refractivity contribution in [1.82, 2.24) is 14.9 Å². The highest BCUT2D eigenvalue weighted by Gasteiger charge is 2.24. The molecule has 4 heterocycles. The molecule has 4 aromatic rings. The number of carbonyl (C=O) groups is 2. The number of hydrogen-bond donors (Lipinski definition) is 1. The number of aromatic amines is 1. The van der Waals surface area contributed by atoms with Crippen LogP contribution in [0.25, 0.3) is 21.0 Å². The first-order chi connectivity index (χ1) is 16.2. The Labute approximate surface area is 197 Å². The van der Waals surface area contributed by atoms with Crippen LogP contribution in [0.4, 0.5) is 0 Å². The van der Waals surface area contributed by atoms with E-state index >= 15 is 0 Å². The molecule has 5 rings (SSSR count). The van der Waals surface area contributed by atoms with E-state index in [-0.39, 0.29) is 11.7 Å². The Morgan fingerprint density at radius 1 is 1.03 bits per heavy atom. The molecule has 0 radical (unpaired) electrons. The normalized spacial score (nSPS) is 14.8. The molecular formula is C27H29N3O2S. The zero-order valence-corrected chi connectivity index (χ0v) is 19.6. The number of Topliss-reactive ketones (excluding diaryl/α,β-unsaturated/α-hetero) is 1. The number of aromatic nitrogens is 2. The van der Waals surface area contributed by atoms with Crippen LogP contribution in [-0.2, 0) is 0 Å². The summed E-state index contributed by atoms with van der Waals surface area (Å²) in [6, 6.07) is 13.9. The van der Waals surface area contributed by atoms with Crippen molar-refractivity contribution in [2.24, 2.45) is 5.92 Å². The number of amides is 1. The highest BCUT2D eigenvalue weighted by atomic mass is 32.1. The van der Waals surface area contributed by atoms with Crippen molar-refractivity contribution < 1.29 is 9.59 Å². The molecule has 1 N–H and O–H groups in total. The summed E-state index contributed by atoms with van der Waals surface area (Å²) in [4.78, 5) is 35.6. The van der Waals surface area contributed by atoms with E-state index in [0.717, 1.165) is 71.1 Å². The number of benzene rings is 1. The fourth-order valence-electron chi connectivity index (χ4n) is 4.82. The maximum atomic E-state index is 12.9. The Hall–Kier alpha value is -2.99. The topological polar surface area (TPSA) is 66.1 Å². The lowest BCUT2D eigenvalue weighted by molar-refractivity contribution is 0.0680. The Kier molecular flexibility index (Phi) is 6.53. The molecule has 6 heteroatoms. The van der Waals surface area contributed by atoms with E-state index in [9.17, 15) is 9.59 Å². The first-order valence-electron chi connectivity index (χ1n) is 11.9. The number of likely N-dealkylation sites (tertiary alicyclic amines) is 1. The number of H-pyrrole nitrogens is 1. The van der Waals surface area contributed by atoms with E-state index in [0.29, 0.717) is 18.0 Å². The summed E-state index contributed by atoms with van der Waals surface area (Å²) < 4.78 is 1.08. The van der Waals surface area contributed by atoms with Crippen LogP contribution in [0, 0.1) is 5.92 Å². The van der Waals surface area contributed by atoms with Crippen LogP contribution in [-0.4, -0.2) is 39.6 Å². The van der Waals surface area contributed by atoms with Crippen molar-refractivity contribution >= 4 is 44.0 Å². The van der Waals surface area contributed by atoms with Gasteiger partial charge in [0.05, 0.1) is 9.58 Å². The molecule has 5 nitrogen and oxygen atoms in total. The second kappa shape index (κ2) is 9.87. The van der Waals surface area contributed by atoms with Gasteiger partial charge in [-0.05, 0) is 54.8 Å². The summed E-state index contributed by atoms with van der Waals surface area (Å²) in [5, 5.41) is 2.19. The third-order valence-electron chi connectivity index (χ3n) is 6.78. The van der Waals surface area contributed by atoms with E-state index < -0.39 is 0 Å². The van der Waals surface area contributed by atoms with Gasteiger partial charge in [-0.1, -0.05) is 37.5 Å². The first kappa shape index (κ1) is 21.8. The van der Waals surface area contributed by atoms with Crippen LogP contribution >= 0.6 is 11.3 Å². The summed E-state index contributed by atoms with van der Waals surface area (Å²) in [7, 11) is 0. The molecular weight excluding hydrogens is 430 g/mol. The van der Waals surface area contributed by atoms with Crippen LogP contribution in [0.15, 0.2) is 54.9 Å². The van der Waals surface area contributed by atoms with Crippen molar-refractivity contribution in [3.05, 3.63) is 65.4 Å². The minimum Gasteiger partial charge on any atom is -0.351 e. The molecule has 0 atom stereocenters. The van der Waals surface area contributed by atoms with Crippen LogP contribution in [0.3, 0.4) is 0 Å². The van der Waals surface area contributed by atoms with Crippen molar-refractivity contribution in [2.45, 2.75) is 44.9 Å². The van der Waals surface area contributed by atoms with Gasteiger partial charge in [0.2, 0.25) is 0 Å². The van der Waals surface area contributed by atoms with E-state index in [1.165, 1.54) is 6.42 Å². The first-order valence-corrected chi connectivity index (χ1v) is 12.7. The number of ketones is 1. The third kappa shape index (κ3) is 5.01. The number of nitrogens with one attached hydrogen (secondary N) is 1. The van der Waals surface area contributed by atoms with Crippen molar-refractivity contribution in [3.8, 4) is 0 Å². The lowest BCUT2D eigenvalue weighted by Gasteiger charge is -2.31. The second-order valence-electron chi connectivity index (χ2n) is 9.05. The molecule has 1 fully saturated rings. The third-order valence-corrected chi connectivity index (χ3v) is 7.90. The van der Waals surface area contributed by atoms with Gasteiger partial charge in [0, 0.05) is 42.8 Å². The number of carbonyl (C=O) groups excluding carboxylic acids is 2. The molecule has 0 aliphatic carbocycles. The van der Waals surface area contributed by atoms with Gasteiger partial charge in [-0.25, -0.2) is 0 Å². The van der Waals surface area contributed by atoms with Gasteiger partial charge >= 0.3 is 0 Å². The minimum absolute atomic E-state index is 0.111. The number of hydrogen-bond acceptors (Lipinski definition) is 4. The highest BCUT2D eigenvalue weighted by Crippen LogP contribution is 2.27. The Morgan fingerprint density at radius 3 is 2.70 bits per heavy atom. The lowest BCUT2D eigenvalue weighted by Crippen LogP contribution is -2.38. The van der Waals surface area contributed by atoms with Crippen molar-refractivity contribution in [2.75, 3.05) is 13.1 Å². The smallest absolute Gasteiger partial charge is 0.270 e. The number of piperidine rings is 1. The van der Waals surface area contributed by atoms with Gasteiger partial charge in [0.15, 0.2) is 5.78 Å². The largest absolute Gasteiger partial charge is 0.351 e. The van der Waals surface area contributed by atoms with Crippen LogP contribution in [0.1, 0.15) is 65.1 Å². The molecule has 33 heavy (non-hydrogen) atoms. The Bertz CT molecular complexity index is 1200. The molecule has 0 bridgehead atoms. The number of nitrogens with zero attached hydrogens (tertiary/aromatic N) is 2. The predicted octanol–water partition coefficient (Wildman–Crippen LogP) is 6.46. The van der Waals surface area contributed by atoms with Gasteiger partial charge < -0.3 is 9.88 Å². The lowest BCUT2D eigenvalue weighted by atomic mass is 9.91.